The normalized spacial score (nSPS) is 14.4. The van der Waals surface area contributed by atoms with E-state index in [9.17, 15) is 13.5 Å². The molecule has 0 spiro atoms. The van der Waals surface area contributed by atoms with Gasteiger partial charge in [0.25, 0.3) is 0 Å². The summed E-state index contributed by atoms with van der Waals surface area (Å²) < 4.78 is 26.1. The summed E-state index contributed by atoms with van der Waals surface area (Å²) in [6.07, 6.45) is 3.80. The molecule has 1 rings (SSSR count). The summed E-state index contributed by atoms with van der Waals surface area (Å²) in [7, 11) is -1.60. The third kappa shape index (κ3) is 8.63. The van der Waals surface area contributed by atoms with Crippen LogP contribution in [0.2, 0.25) is 0 Å². The first-order chi connectivity index (χ1) is 14.3. The number of nitrogens with two attached hydrogens (primary N) is 1. The number of nitrogens with zero attached hydrogens (tertiary/aromatic N) is 1. The van der Waals surface area contributed by atoms with Crippen LogP contribution >= 0.6 is 0 Å². The first kappa shape index (κ1) is 27.0. The Balaban J connectivity index is 3.01. The van der Waals surface area contributed by atoms with Gasteiger partial charge in [-0.25, -0.2) is 8.42 Å². The topological polar surface area (TPSA) is 95.7 Å². The lowest BCUT2D eigenvalue weighted by molar-refractivity contribution is -0.0233. The van der Waals surface area contributed by atoms with Gasteiger partial charge in [-0.05, 0) is 50.4 Å². The van der Waals surface area contributed by atoms with Crippen molar-refractivity contribution in [1.82, 2.24) is 10.2 Å². The Morgan fingerprint density at radius 1 is 1.13 bits per heavy atom. The van der Waals surface area contributed by atoms with Crippen LogP contribution in [0.4, 0.5) is 0 Å². The van der Waals surface area contributed by atoms with E-state index < -0.39 is 22.1 Å². The van der Waals surface area contributed by atoms with Crippen molar-refractivity contribution in [3.05, 3.63) is 35.4 Å². The molecule has 0 fully saturated rings. The summed E-state index contributed by atoms with van der Waals surface area (Å²) in [5.74, 6) is -0.0660. The molecule has 6 nitrogen and oxygen atoms in total. The van der Waals surface area contributed by atoms with Crippen molar-refractivity contribution >= 4 is 9.84 Å². The molecular formula is C23H43N3O3S. The number of benzene rings is 1. The van der Waals surface area contributed by atoms with Gasteiger partial charge in [0, 0.05) is 13.1 Å². The summed E-state index contributed by atoms with van der Waals surface area (Å²) in [4.78, 5) is 1.94. The highest BCUT2D eigenvalue weighted by Gasteiger charge is 2.32. The van der Waals surface area contributed by atoms with Gasteiger partial charge in [0.15, 0.2) is 9.84 Å². The zero-order valence-corrected chi connectivity index (χ0v) is 20.1. The van der Waals surface area contributed by atoms with E-state index in [-0.39, 0.29) is 11.0 Å². The lowest BCUT2D eigenvalue weighted by Gasteiger charge is -2.34. The van der Waals surface area contributed by atoms with E-state index in [1.54, 1.807) is 7.05 Å². The maximum absolute atomic E-state index is 13.1. The van der Waals surface area contributed by atoms with E-state index in [0.717, 1.165) is 31.2 Å². The van der Waals surface area contributed by atoms with Crippen LogP contribution in [0.1, 0.15) is 64.0 Å². The molecule has 7 heteroatoms. The number of nitrogens with one attached hydrogen (secondary N) is 1. The Kier molecular flexibility index (Phi) is 12.8. The molecule has 0 aliphatic carbocycles. The minimum atomic E-state index is -3.31. The Morgan fingerprint density at radius 3 is 2.30 bits per heavy atom. The molecule has 0 bridgehead atoms. The number of sulfone groups is 1. The van der Waals surface area contributed by atoms with Crippen molar-refractivity contribution in [2.45, 2.75) is 83.4 Å². The van der Waals surface area contributed by atoms with Crippen LogP contribution < -0.4 is 11.1 Å². The molecule has 30 heavy (non-hydrogen) atoms. The molecule has 0 amide bonds. The van der Waals surface area contributed by atoms with Crippen LogP contribution in [-0.4, -0.2) is 61.8 Å². The Morgan fingerprint density at radius 2 is 1.77 bits per heavy atom. The van der Waals surface area contributed by atoms with Gasteiger partial charge in [0.1, 0.15) is 6.23 Å². The fraction of sp³-hybridized carbons (Fsp3) is 0.739. The first-order valence-corrected chi connectivity index (χ1v) is 13.1. The monoisotopic (exact) mass is 441 g/mol. The summed E-state index contributed by atoms with van der Waals surface area (Å²) in [6, 6.07) is 7.76. The van der Waals surface area contributed by atoms with Gasteiger partial charge >= 0.3 is 0 Å². The molecule has 0 aliphatic heterocycles. The quantitative estimate of drug-likeness (QED) is 0.341. The van der Waals surface area contributed by atoms with Gasteiger partial charge in [-0.2, -0.15) is 0 Å². The highest BCUT2D eigenvalue weighted by molar-refractivity contribution is 7.92. The SMILES string of the molecule is CCCC(CCC)S(=O)(=O)CC(NC)C(O)N(CCCN)Cc1cccc(CC)c1. The second kappa shape index (κ2) is 14.1. The minimum absolute atomic E-state index is 0.0660. The largest absolute Gasteiger partial charge is 0.377 e. The molecule has 1 aromatic rings. The molecule has 1 aromatic carbocycles. The molecule has 0 saturated carbocycles. The van der Waals surface area contributed by atoms with Crippen LogP contribution in [0.15, 0.2) is 24.3 Å². The van der Waals surface area contributed by atoms with E-state index in [4.69, 9.17) is 5.73 Å². The number of likely N-dealkylation sites (N-methyl/N-ethyl adjacent to an activating group) is 1. The third-order valence-electron chi connectivity index (χ3n) is 5.68. The molecule has 0 radical (unpaired) electrons. The maximum atomic E-state index is 13.1. The zero-order chi connectivity index (χ0) is 22.6. The van der Waals surface area contributed by atoms with Crippen LogP contribution in [0.3, 0.4) is 0 Å². The fourth-order valence-electron chi connectivity index (χ4n) is 3.89. The molecule has 0 heterocycles. The van der Waals surface area contributed by atoms with Crippen molar-refractivity contribution in [2.75, 3.05) is 25.9 Å². The third-order valence-corrected chi connectivity index (χ3v) is 7.99. The Labute approximate surface area is 184 Å². The predicted octanol–water partition coefficient (Wildman–Crippen LogP) is 2.69. The lowest BCUT2D eigenvalue weighted by atomic mass is 10.1. The summed E-state index contributed by atoms with van der Waals surface area (Å²) >= 11 is 0. The average Bonchev–Trinajstić information content (AvgIpc) is 2.74. The van der Waals surface area contributed by atoms with Crippen molar-refractivity contribution in [3.8, 4) is 0 Å². The van der Waals surface area contributed by atoms with Gasteiger partial charge in [0.05, 0.1) is 17.0 Å². The Hall–Kier alpha value is -0.990. The molecule has 4 N–H and O–H groups in total. The van der Waals surface area contributed by atoms with Crippen molar-refractivity contribution in [3.63, 3.8) is 0 Å². The first-order valence-electron chi connectivity index (χ1n) is 11.4. The van der Waals surface area contributed by atoms with E-state index in [1.165, 1.54) is 5.56 Å². The number of aryl methyl sites for hydroxylation is 1. The second-order valence-corrected chi connectivity index (χ2v) is 10.4. The minimum Gasteiger partial charge on any atom is -0.377 e. The zero-order valence-electron chi connectivity index (χ0n) is 19.3. The Bertz CT molecular complexity index is 691. The van der Waals surface area contributed by atoms with Gasteiger partial charge in [-0.1, -0.05) is 57.9 Å². The van der Waals surface area contributed by atoms with Crippen LogP contribution in [-0.2, 0) is 22.8 Å². The predicted molar refractivity (Wildman–Crippen MR) is 126 cm³/mol. The number of hydrogen-bond acceptors (Lipinski definition) is 6. The van der Waals surface area contributed by atoms with Crippen LogP contribution in [0.5, 0.6) is 0 Å². The van der Waals surface area contributed by atoms with Gasteiger partial charge < -0.3 is 16.2 Å². The summed E-state index contributed by atoms with van der Waals surface area (Å²) in [6.45, 7) is 7.84. The standard InChI is InChI=1S/C23H43N3O3S/c1-5-10-21(11-6-2)30(28,29)18-22(25-4)23(27)26(15-9-14-24)17-20-13-8-12-19(7-3)16-20/h8,12-13,16,21-23,25,27H,5-7,9-11,14-15,17-18,24H2,1-4H3. The molecular weight excluding hydrogens is 398 g/mol. The molecule has 0 aliphatic rings. The lowest BCUT2D eigenvalue weighted by Crippen LogP contribution is -2.53. The molecule has 2 atom stereocenters. The van der Waals surface area contributed by atoms with Gasteiger partial charge in [-0.3, -0.25) is 4.90 Å². The smallest absolute Gasteiger partial charge is 0.154 e. The number of rotatable bonds is 16. The molecule has 0 saturated heterocycles. The van der Waals surface area contributed by atoms with Gasteiger partial charge in [-0.15, -0.1) is 0 Å². The average molecular weight is 442 g/mol. The fourth-order valence-corrected chi connectivity index (χ4v) is 6.19. The van der Waals surface area contributed by atoms with Crippen LogP contribution in [0.25, 0.3) is 0 Å². The van der Waals surface area contributed by atoms with E-state index in [2.05, 4.69) is 24.4 Å². The second-order valence-electron chi connectivity index (χ2n) is 8.12. The molecule has 0 aromatic heterocycles. The number of hydrogen-bond donors (Lipinski definition) is 3. The van der Waals surface area contributed by atoms with Gasteiger partial charge in [0.2, 0.25) is 0 Å². The van der Waals surface area contributed by atoms with Crippen molar-refractivity contribution in [2.24, 2.45) is 5.73 Å². The van der Waals surface area contributed by atoms with E-state index in [0.29, 0.717) is 32.5 Å². The number of aliphatic hydroxyl groups is 1. The molecule has 174 valence electrons. The summed E-state index contributed by atoms with van der Waals surface area (Å²) in [5.41, 5.74) is 8.07. The van der Waals surface area contributed by atoms with Crippen molar-refractivity contribution in [1.29, 1.82) is 0 Å². The van der Waals surface area contributed by atoms with E-state index >= 15 is 0 Å². The van der Waals surface area contributed by atoms with Crippen LogP contribution in [0, 0.1) is 0 Å². The summed E-state index contributed by atoms with van der Waals surface area (Å²) in [5, 5.41) is 13.9. The van der Waals surface area contributed by atoms with E-state index in [1.807, 2.05) is 30.9 Å². The van der Waals surface area contributed by atoms with Crippen molar-refractivity contribution < 1.29 is 13.5 Å². The maximum Gasteiger partial charge on any atom is 0.154 e. The number of aliphatic hydroxyl groups excluding tert-OH is 1. The highest BCUT2D eigenvalue weighted by atomic mass is 32.2. The highest BCUT2D eigenvalue weighted by Crippen LogP contribution is 2.19. The molecule has 2 unspecified atom stereocenters.